The highest BCUT2D eigenvalue weighted by Crippen LogP contribution is 2.31. The SMILES string of the molecule is C=CCn1c(SCC(=O)Nc2c(C)n(C)n(-c3ccccc3)c2=O)nnc1-c1ccc(Cl)cc1Cl. The smallest absolute Gasteiger partial charge is 0.295 e. The van der Waals surface area contributed by atoms with E-state index in [1.807, 2.05) is 34.9 Å². The average molecular weight is 529 g/mol. The number of carbonyl (C=O) groups is 1. The number of allylic oxidation sites excluding steroid dienone is 1. The highest BCUT2D eigenvalue weighted by molar-refractivity contribution is 7.99. The average Bonchev–Trinajstić information content (AvgIpc) is 3.32. The Balaban J connectivity index is 1.54. The summed E-state index contributed by atoms with van der Waals surface area (Å²) in [4.78, 5) is 25.8. The van der Waals surface area contributed by atoms with Crippen LogP contribution in [-0.2, 0) is 18.4 Å². The topological polar surface area (TPSA) is 86.7 Å². The van der Waals surface area contributed by atoms with Gasteiger partial charge in [0, 0.05) is 24.2 Å². The van der Waals surface area contributed by atoms with Gasteiger partial charge in [-0.2, -0.15) is 0 Å². The zero-order chi connectivity index (χ0) is 25.1. The summed E-state index contributed by atoms with van der Waals surface area (Å²) in [5.41, 5.74) is 1.96. The number of halogens is 2. The standard InChI is InChI=1S/C24H22Cl2N6O2S/c1-4-12-31-22(18-11-10-16(25)13-19(18)26)28-29-24(31)35-14-20(33)27-21-15(2)30(3)32(23(21)34)17-8-6-5-7-9-17/h4-11,13H,1,12,14H2,2-3H3,(H,27,33). The van der Waals surface area contributed by atoms with Crippen LogP contribution in [0.1, 0.15) is 5.69 Å². The van der Waals surface area contributed by atoms with Crippen molar-refractivity contribution in [3.05, 3.63) is 87.3 Å². The van der Waals surface area contributed by atoms with Crippen LogP contribution in [0.15, 0.2) is 71.1 Å². The summed E-state index contributed by atoms with van der Waals surface area (Å²) in [6.45, 7) is 6.00. The van der Waals surface area contributed by atoms with Crippen LogP contribution in [0.5, 0.6) is 0 Å². The molecule has 0 unspecified atom stereocenters. The number of hydrogen-bond donors (Lipinski definition) is 1. The first kappa shape index (κ1) is 24.8. The monoisotopic (exact) mass is 528 g/mol. The Bertz CT molecular complexity index is 1460. The van der Waals surface area contributed by atoms with E-state index in [1.165, 1.54) is 16.4 Å². The molecule has 0 atom stereocenters. The number of aromatic nitrogens is 5. The van der Waals surface area contributed by atoms with Crippen molar-refractivity contribution < 1.29 is 4.79 Å². The molecule has 0 bridgehead atoms. The van der Waals surface area contributed by atoms with E-state index in [4.69, 9.17) is 23.2 Å². The zero-order valence-electron chi connectivity index (χ0n) is 19.0. The van der Waals surface area contributed by atoms with Gasteiger partial charge < -0.3 is 5.32 Å². The number of amides is 1. The van der Waals surface area contributed by atoms with Crippen LogP contribution in [0.3, 0.4) is 0 Å². The maximum Gasteiger partial charge on any atom is 0.295 e. The Morgan fingerprint density at radius 3 is 2.60 bits per heavy atom. The molecule has 0 saturated carbocycles. The van der Waals surface area contributed by atoms with Crippen LogP contribution in [0, 0.1) is 6.92 Å². The Labute approximate surface area is 216 Å². The molecule has 180 valence electrons. The lowest BCUT2D eigenvalue weighted by molar-refractivity contribution is -0.113. The van der Waals surface area contributed by atoms with E-state index in [0.717, 1.165) is 0 Å². The van der Waals surface area contributed by atoms with Gasteiger partial charge in [-0.25, -0.2) is 4.68 Å². The number of rotatable bonds is 8. The molecule has 8 nitrogen and oxygen atoms in total. The minimum Gasteiger partial charge on any atom is -0.319 e. The van der Waals surface area contributed by atoms with Crippen LogP contribution in [-0.4, -0.2) is 35.8 Å². The van der Waals surface area contributed by atoms with Gasteiger partial charge in [-0.3, -0.25) is 18.8 Å². The number of anilines is 1. The van der Waals surface area contributed by atoms with Gasteiger partial charge in [0.2, 0.25) is 5.91 Å². The van der Waals surface area contributed by atoms with Crippen molar-refractivity contribution in [2.75, 3.05) is 11.1 Å². The van der Waals surface area contributed by atoms with Gasteiger partial charge in [0.05, 0.1) is 22.2 Å². The Hall–Kier alpha value is -3.27. The molecule has 11 heteroatoms. The van der Waals surface area contributed by atoms with Crippen LogP contribution >= 0.6 is 35.0 Å². The van der Waals surface area contributed by atoms with Gasteiger partial charge in [-0.1, -0.05) is 59.2 Å². The molecule has 0 aliphatic heterocycles. The normalized spacial score (nSPS) is 11.0. The third kappa shape index (κ3) is 5.07. The first-order valence-electron chi connectivity index (χ1n) is 10.6. The molecule has 0 saturated heterocycles. The second-order valence-electron chi connectivity index (χ2n) is 7.60. The van der Waals surface area contributed by atoms with E-state index < -0.39 is 0 Å². The van der Waals surface area contributed by atoms with Crippen molar-refractivity contribution in [1.82, 2.24) is 24.1 Å². The summed E-state index contributed by atoms with van der Waals surface area (Å²) in [7, 11) is 1.77. The molecule has 2 aromatic heterocycles. The first-order chi connectivity index (χ1) is 16.8. The number of nitrogens with one attached hydrogen (secondary N) is 1. The van der Waals surface area contributed by atoms with Crippen molar-refractivity contribution in [2.45, 2.75) is 18.6 Å². The Kier molecular flexibility index (Phi) is 7.49. The summed E-state index contributed by atoms with van der Waals surface area (Å²) in [5, 5.41) is 12.7. The van der Waals surface area contributed by atoms with Gasteiger partial charge in [-0.05, 0) is 37.3 Å². The predicted molar refractivity (Wildman–Crippen MR) is 141 cm³/mol. The summed E-state index contributed by atoms with van der Waals surface area (Å²) in [6, 6.07) is 14.4. The second kappa shape index (κ2) is 10.6. The van der Waals surface area contributed by atoms with E-state index in [-0.39, 0.29) is 22.9 Å². The lowest BCUT2D eigenvalue weighted by Gasteiger charge is -2.09. The Morgan fingerprint density at radius 2 is 1.91 bits per heavy atom. The fourth-order valence-corrected chi connectivity index (χ4v) is 4.82. The third-order valence-corrected chi connectivity index (χ3v) is 6.87. The number of benzene rings is 2. The molecular weight excluding hydrogens is 507 g/mol. The van der Waals surface area contributed by atoms with Crippen molar-refractivity contribution in [1.29, 1.82) is 0 Å². The lowest BCUT2D eigenvalue weighted by Crippen LogP contribution is -2.23. The maximum absolute atomic E-state index is 13.0. The van der Waals surface area contributed by atoms with E-state index in [1.54, 1.807) is 42.9 Å². The lowest BCUT2D eigenvalue weighted by atomic mass is 10.2. The van der Waals surface area contributed by atoms with Gasteiger partial charge in [0.25, 0.3) is 5.56 Å². The summed E-state index contributed by atoms with van der Waals surface area (Å²) < 4.78 is 5.04. The molecule has 1 amide bonds. The molecule has 4 rings (SSSR count). The fourth-order valence-electron chi connectivity index (χ4n) is 3.58. The molecule has 1 N–H and O–H groups in total. The van der Waals surface area contributed by atoms with E-state index in [0.29, 0.717) is 44.5 Å². The highest BCUT2D eigenvalue weighted by atomic mass is 35.5. The molecule has 2 heterocycles. The van der Waals surface area contributed by atoms with Crippen LogP contribution in [0.25, 0.3) is 17.1 Å². The minimum atomic E-state index is -0.333. The van der Waals surface area contributed by atoms with Crippen molar-refractivity contribution in [2.24, 2.45) is 7.05 Å². The molecule has 0 spiro atoms. The summed E-state index contributed by atoms with van der Waals surface area (Å²) in [5.74, 6) is 0.238. The molecule has 0 radical (unpaired) electrons. The molecule has 4 aromatic rings. The summed E-state index contributed by atoms with van der Waals surface area (Å²) >= 11 is 13.6. The number of carbonyl (C=O) groups excluding carboxylic acids is 1. The van der Waals surface area contributed by atoms with Crippen molar-refractivity contribution in [3.63, 3.8) is 0 Å². The number of hydrogen-bond acceptors (Lipinski definition) is 5. The molecular formula is C24H22Cl2N6O2S. The number of para-hydroxylation sites is 1. The molecule has 0 aliphatic rings. The van der Waals surface area contributed by atoms with E-state index in [2.05, 4.69) is 22.1 Å². The largest absolute Gasteiger partial charge is 0.319 e. The minimum absolute atomic E-state index is 0.0305. The Morgan fingerprint density at radius 1 is 1.17 bits per heavy atom. The van der Waals surface area contributed by atoms with E-state index >= 15 is 0 Å². The predicted octanol–water partition coefficient (Wildman–Crippen LogP) is 4.97. The van der Waals surface area contributed by atoms with Gasteiger partial charge in [0.15, 0.2) is 11.0 Å². The van der Waals surface area contributed by atoms with Crippen LogP contribution in [0.4, 0.5) is 5.69 Å². The summed E-state index contributed by atoms with van der Waals surface area (Å²) in [6.07, 6.45) is 1.71. The van der Waals surface area contributed by atoms with Gasteiger partial charge >= 0.3 is 0 Å². The number of nitrogens with zero attached hydrogens (tertiary/aromatic N) is 5. The fraction of sp³-hybridized carbons (Fsp3) is 0.167. The molecule has 0 aliphatic carbocycles. The highest BCUT2D eigenvalue weighted by Gasteiger charge is 2.20. The molecule has 2 aromatic carbocycles. The van der Waals surface area contributed by atoms with Crippen molar-refractivity contribution in [3.8, 4) is 17.1 Å². The van der Waals surface area contributed by atoms with Crippen molar-refractivity contribution >= 4 is 46.6 Å². The second-order valence-corrected chi connectivity index (χ2v) is 9.39. The van der Waals surface area contributed by atoms with Gasteiger partial charge in [0.1, 0.15) is 5.69 Å². The van der Waals surface area contributed by atoms with Crippen LogP contribution < -0.4 is 10.9 Å². The zero-order valence-corrected chi connectivity index (χ0v) is 21.4. The number of thioether (sulfide) groups is 1. The van der Waals surface area contributed by atoms with E-state index in [9.17, 15) is 9.59 Å². The van der Waals surface area contributed by atoms with Gasteiger partial charge in [-0.15, -0.1) is 16.8 Å². The molecule has 35 heavy (non-hydrogen) atoms. The maximum atomic E-state index is 13.0. The quantitative estimate of drug-likeness (QED) is 0.257. The third-order valence-electron chi connectivity index (χ3n) is 5.35. The first-order valence-corrected chi connectivity index (χ1v) is 12.3. The molecule has 0 fully saturated rings. The van der Waals surface area contributed by atoms with Crippen LogP contribution in [0.2, 0.25) is 10.0 Å².